The molecule has 5 nitrogen and oxygen atoms in total. The zero-order valence-electron chi connectivity index (χ0n) is 12.1. The first-order chi connectivity index (χ1) is 10.2. The van der Waals surface area contributed by atoms with E-state index >= 15 is 0 Å². The van der Waals surface area contributed by atoms with Gasteiger partial charge in [0.25, 0.3) is 5.91 Å². The van der Waals surface area contributed by atoms with E-state index in [4.69, 9.17) is 5.73 Å². The van der Waals surface area contributed by atoms with Crippen LogP contribution in [-0.4, -0.2) is 21.7 Å². The summed E-state index contributed by atoms with van der Waals surface area (Å²) in [4.78, 5) is 12.1. The quantitative estimate of drug-likeness (QED) is 0.828. The summed E-state index contributed by atoms with van der Waals surface area (Å²) in [6, 6.07) is 9.48. The number of hydrogen-bond donors (Lipinski definition) is 2. The normalized spacial score (nSPS) is 20.2. The lowest BCUT2D eigenvalue weighted by Crippen LogP contribution is -2.27. The second-order valence-electron chi connectivity index (χ2n) is 5.60. The van der Waals surface area contributed by atoms with Crippen molar-refractivity contribution in [3.63, 3.8) is 0 Å². The third-order valence-electron chi connectivity index (χ3n) is 3.86. The maximum absolute atomic E-state index is 12.1. The number of rotatable bonds is 5. The lowest BCUT2D eigenvalue weighted by atomic mass is 10.2. The molecule has 1 amide bonds. The summed E-state index contributed by atoms with van der Waals surface area (Å²) in [7, 11) is 0. The molecule has 1 aliphatic carbocycles. The Morgan fingerprint density at radius 3 is 3.10 bits per heavy atom. The van der Waals surface area contributed by atoms with Gasteiger partial charge in [-0.25, -0.2) is 4.68 Å². The Kier molecular flexibility index (Phi) is 3.64. The number of aromatic nitrogens is 2. The van der Waals surface area contributed by atoms with Crippen molar-refractivity contribution < 1.29 is 4.79 Å². The van der Waals surface area contributed by atoms with Crippen molar-refractivity contribution in [2.24, 2.45) is 5.92 Å². The van der Waals surface area contributed by atoms with Gasteiger partial charge in [-0.2, -0.15) is 5.10 Å². The smallest absolute Gasteiger partial charge is 0.272 e. The minimum absolute atomic E-state index is 0.0961. The van der Waals surface area contributed by atoms with Crippen molar-refractivity contribution in [2.45, 2.75) is 32.2 Å². The predicted molar refractivity (Wildman–Crippen MR) is 82.2 cm³/mol. The predicted octanol–water partition coefficient (Wildman–Crippen LogP) is 2.37. The topological polar surface area (TPSA) is 72.9 Å². The van der Waals surface area contributed by atoms with Crippen LogP contribution < -0.4 is 11.1 Å². The molecule has 2 aromatic rings. The third-order valence-corrected chi connectivity index (χ3v) is 3.86. The van der Waals surface area contributed by atoms with Crippen LogP contribution >= 0.6 is 0 Å². The summed E-state index contributed by atoms with van der Waals surface area (Å²) in [6.45, 7) is 2.17. The molecule has 1 heterocycles. The zero-order valence-corrected chi connectivity index (χ0v) is 12.1. The van der Waals surface area contributed by atoms with Crippen molar-refractivity contribution in [3.8, 4) is 5.69 Å². The maximum Gasteiger partial charge on any atom is 0.272 e. The Morgan fingerprint density at radius 1 is 1.48 bits per heavy atom. The standard InChI is InChI=1S/C16H20N4O/c1-2-4-11-9-15(11)18-16(21)14-7-8-20(19-14)13-6-3-5-12(17)10-13/h3,5-8,10-11,15H,2,4,9,17H2,1H3,(H,18,21). The molecule has 0 saturated heterocycles. The van der Waals surface area contributed by atoms with Crippen molar-refractivity contribution in [1.82, 2.24) is 15.1 Å². The second-order valence-corrected chi connectivity index (χ2v) is 5.60. The number of hydrogen-bond acceptors (Lipinski definition) is 3. The van der Waals surface area contributed by atoms with Gasteiger partial charge in [0.2, 0.25) is 0 Å². The van der Waals surface area contributed by atoms with Crippen LogP contribution in [-0.2, 0) is 0 Å². The Hall–Kier alpha value is -2.30. The molecular formula is C16H20N4O. The van der Waals surface area contributed by atoms with Gasteiger partial charge in [-0.15, -0.1) is 0 Å². The van der Waals surface area contributed by atoms with Crippen molar-refractivity contribution in [3.05, 3.63) is 42.2 Å². The minimum Gasteiger partial charge on any atom is -0.399 e. The number of carbonyl (C=O) groups excluding carboxylic acids is 1. The van der Waals surface area contributed by atoms with Crippen LogP contribution in [0.2, 0.25) is 0 Å². The number of anilines is 1. The van der Waals surface area contributed by atoms with Crippen molar-refractivity contribution in [1.29, 1.82) is 0 Å². The molecule has 21 heavy (non-hydrogen) atoms. The van der Waals surface area contributed by atoms with Crippen molar-refractivity contribution in [2.75, 3.05) is 5.73 Å². The maximum atomic E-state index is 12.1. The second kappa shape index (κ2) is 5.60. The van der Waals surface area contributed by atoms with E-state index in [1.165, 1.54) is 12.8 Å². The number of carbonyl (C=O) groups is 1. The summed E-state index contributed by atoms with van der Waals surface area (Å²) < 4.78 is 1.67. The van der Waals surface area contributed by atoms with E-state index in [1.54, 1.807) is 16.9 Å². The largest absolute Gasteiger partial charge is 0.399 e. The number of nitrogens with zero attached hydrogens (tertiary/aromatic N) is 2. The van der Waals surface area contributed by atoms with Crippen LogP contribution in [0.3, 0.4) is 0 Å². The fourth-order valence-electron chi connectivity index (χ4n) is 2.61. The molecular weight excluding hydrogens is 264 g/mol. The summed E-state index contributed by atoms with van der Waals surface area (Å²) >= 11 is 0. The minimum atomic E-state index is -0.0961. The van der Waals surface area contributed by atoms with Crippen LogP contribution in [0.25, 0.3) is 5.69 Å². The SMILES string of the molecule is CCCC1CC1NC(=O)c1ccn(-c2cccc(N)c2)n1. The van der Waals surface area contributed by atoms with Gasteiger partial charge in [-0.05, 0) is 43.0 Å². The molecule has 0 spiro atoms. The van der Waals surface area contributed by atoms with Gasteiger partial charge in [0, 0.05) is 17.9 Å². The summed E-state index contributed by atoms with van der Waals surface area (Å²) in [5, 5.41) is 7.36. The number of nitrogens with two attached hydrogens (primary N) is 1. The molecule has 2 unspecified atom stereocenters. The molecule has 1 aromatic carbocycles. The zero-order chi connectivity index (χ0) is 14.8. The molecule has 5 heteroatoms. The van der Waals surface area contributed by atoms with Crippen LogP contribution in [0.4, 0.5) is 5.69 Å². The Morgan fingerprint density at radius 2 is 2.33 bits per heavy atom. The Balaban J connectivity index is 1.66. The fourth-order valence-corrected chi connectivity index (χ4v) is 2.61. The van der Waals surface area contributed by atoms with Gasteiger partial charge in [0.05, 0.1) is 5.69 Å². The molecule has 1 saturated carbocycles. The summed E-state index contributed by atoms with van der Waals surface area (Å²) in [6.07, 6.45) is 5.22. The fraction of sp³-hybridized carbons (Fsp3) is 0.375. The number of amides is 1. The average molecular weight is 284 g/mol. The molecule has 1 aromatic heterocycles. The molecule has 2 atom stereocenters. The van der Waals surface area contributed by atoms with E-state index in [0.717, 1.165) is 12.1 Å². The molecule has 0 radical (unpaired) electrons. The summed E-state index contributed by atoms with van der Waals surface area (Å²) in [5.74, 6) is 0.552. The van der Waals surface area contributed by atoms with Crippen LogP contribution in [0.1, 0.15) is 36.7 Å². The highest BCUT2D eigenvalue weighted by Gasteiger charge is 2.37. The van der Waals surface area contributed by atoms with Gasteiger partial charge in [-0.1, -0.05) is 19.4 Å². The highest BCUT2D eigenvalue weighted by Crippen LogP contribution is 2.34. The molecule has 0 aliphatic heterocycles. The highest BCUT2D eigenvalue weighted by atomic mass is 16.2. The monoisotopic (exact) mass is 284 g/mol. The van der Waals surface area contributed by atoms with E-state index in [2.05, 4.69) is 17.3 Å². The molecule has 110 valence electrons. The average Bonchev–Trinajstić information content (AvgIpc) is 3.02. The molecule has 3 rings (SSSR count). The number of nitrogen functional groups attached to an aromatic ring is 1. The number of benzene rings is 1. The Labute approximate surface area is 124 Å². The first kappa shape index (κ1) is 13.7. The van der Waals surface area contributed by atoms with E-state index in [-0.39, 0.29) is 5.91 Å². The lowest BCUT2D eigenvalue weighted by Gasteiger charge is -2.03. The van der Waals surface area contributed by atoms with E-state index in [9.17, 15) is 4.79 Å². The van der Waals surface area contributed by atoms with Crippen LogP contribution in [0.15, 0.2) is 36.5 Å². The van der Waals surface area contributed by atoms with E-state index in [1.807, 2.05) is 24.3 Å². The third kappa shape index (κ3) is 3.07. The summed E-state index contributed by atoms with van der Waals surface area (Å²) in [5.41, 5.74) is 7.73. The lowest BCUT2D eigenvalue weighted by molar-refractivity contribution is 0.0943. The number of nitrogens with one attached hydrogen (secondary N) is 1. The van der Waals surface area contributed by atoms with Gasteiger partial charge in [0.1, 0.15) is 0 Å². The van der Waals surface area contributed by atoms with Gasteiger partial charge in [-0.3, -0.25) is 4.79 Å². The Bertz CT molecular complexity index is 649. The van der Waals surface area contributed by atoms with E-state index in [0.29, 0.717) is 23.3 Å². The van der Waals surface area contributed by atoms with Crippen LogP contribution in [0, 0.1) is 5.92 Å². The van der Waals surface area contributed by atoms with Crippen molar-refractivity contribution >= 4 is 11.6 Å². The van der Waals surface area contributed by atoms with Gasteiger partial charge < -0.3 is 11.1 Å². The van der Waals surface area contributed by atoms with E-state index < -0.39 is 0 Å². The first-order valence-electron chi connectivity index (χ1n) is 7.40. The molecule has 1 fully saturated rings. The molecule has 0 bridgehead atoms. The van der Waals surface area contributed by atoms with Gasteiger partial charge in [0.15, 0.2) is 5.69 Å². The first-order valence-corrected chi connectivity index (χ1v) is 7.40. The van der Waals surface area contributed by atoms with Gasteiger partial charge >= 0.3 is 0 Å². The van der Waals surface area contributed by atoms with Crippen LogP contribution in [0.5, 0.6) is 0 Å². The highest BCUT2D eigenvalue weighted by molar-refractivity contribution is 5.92. The molecule has 3 N–H and O–H groups in total. The molecule has 1 aliphatic rings.